The van der Waals surface area contributed by atoms with Crippen LogP contribution in [0.25, 0.3) is 0 Å². The van der Waals surface area contributed by atoms with Gasteiger partial charge in [-0.2, -0.15) is 0 Å². The van der Waals surface area contributed by atoms with Crippen LogP contribution in [0.2, 0.25) is 0 Å². The average Bonchev–Trinajstić information content (AvgIpc) is 2.70. The number of likely N-dealkylation sites (N-methyl/N-ethyl adjacent to an activating group) is 1. The molecule has 1 fully saturated rings. The Kier molecular flexibility index (Phi) is 3.83. The van der Waals surface area contributed by atoms with E-state index in [0.29, 0.717) is 12.5 Å². The molecular weight excluding hydrogens is 240 g/mol. The van der Waals surface area contributed by atoms with Crippen LogP contribution < -0.4 is 4.90 Å². The summed E-state index contributed by atoms with van der Waals surface area (Å²) in [6.45, 7) is 8.93. The summed E-state index contributed by atoms with van der Waals surface area (Å²) in [5.74, 6) is 0.751. The number of aromatic nitrogens is 2. The van der Waals surface area contributed by atoms with E-state index in [1.165, 1.54) is 0 Å². The highest BCUT2D eigenvalue weighted by Gasteiger charge is 2.34. The van der Waals surface area contributed by atoms with Gasteiger partial charge in [-0.1, -0.05) is 6.08 Å². The summed E-state index contributed by atoms with van der Waals surface area (Å²) in [5, 5.41) is 0. The molecule has 1 atom stereocenters. The highest BCUT2D eigenvalue weighted by molar-refractivity contribution is 5.86. The molecular formula is C14H20N4O. The SMILES string of the molecule is C=CCN1CCC(N(C)c2nc(C)cc(C)n2)C1=O. The number of anilines is 1. The minimum atomic E-state index is -0.166. The normalized spacial score (nSPS) is 18.8. The van der Waals surface area contributed by atoms with E-state index >= 15 is 0 Å². The van der Waals surface area contributed by atoms with Crippen LogP contribution >= 0.6 is 0 Å². The van der Waals surface area contributed by atoms with Gasteiger partial charge in [0.15, 0.2) is 0 Å². The van der Waals surface area contributed by atoms with Crippen molar-refractivity contribution in [2.45, 2.75) is 26.3 Å². The summed E-state index contributed by atoms with van der Waals surface area (Å²) in [4.78, 5) is 24.8. The molecule has 0 N–H and O–H groups in total. The number of hydrogen-bond donors (Lipinski definition) is 0. The first-order valence-corrected chi connectivity index (χ1v) is 6.47. The molecule has 0 saturated carbocycles. The Labute approximate surface area is 114 Å². The molecule has 0 aliphatic carbocycles. The summed E-state index contributed by atoms with van der Waals surface area (Å²) >= 11 is 0. The fraction of sp³-hybridized carbons (Fsp3) is 0.500. The highest BCUT2D eigenvalue weighted by atomic mass is 16.2. The van der Waals surface area contributed by atoms with Crippen LogP contribution in [0.4, 0.5) is 5.95 Å². The maximum absolute atomic E-state index is 12.3. The van der Waals surface area contributed by atoms with E-state index in [4.69, 9.17) is 0 Å². The van der Waals surface area contributed by atoms with Crippen LogP contribution in [0.1, 0.15) is 17.8 Å². The fourth-order valence-corrected chi connectivity index (χ4v) is 2.42. The number of carbonyl (C=O) groups excluding carboxylic acids is 1. The molecule has 1 aromatic heterocycles. The van der Waals surface area contributed by atoms with E-state index in [-0.39, 0.29) is 11.9 Å². The van der Waals surface area contributed by atoms with Gasteiger partial charge >= 0.3 is 0 Å². The van der Waals surface area contributed by atoms with Gasteiger partial charge < -0.3 is 9.80 Å². The lowest BCUT2D eigenvalue weighted by atomic mass is 10.2. The second-order valence-corrected chi connectivity index (χ2v) is 4.94. The van der Waals surface area contributed by atoms with E-state index in [1.807, 2.05) is 36.8 Å². The zero-order chi connectivity index (χ0) is 14.0. The van der Waals surface area contributed by atoms with Gasteiger partial charge in [-0.25, -0.2) is 9.97 Å². The zero-order valence-electron chi connectivity index (χ0n) is 11.8. The molecule has 1 aromatic rings. The quantitative estimate of drug-likeness (QED) is 0.766. The van der Waals surface area contributed by atoms with E-state index in [0.717, 1.165) is 24.4 Å². The van der Waals surface area contributed by atoms with Crippen molar-refractivity contribution in [3.05, 3.63) is 30.1 Å². The number of carbonyl (C=O) groups is 1. The van der Waals surface area contributed by atoms with E-state index in [9.17, 15) is 4.79 Å². The van der Waals surface area contributed by atoms with Crippen molar-refractivity contribution in [3.63, 3.8) is 0 Å². The highest BCUT2D eigenvalue weighted by Crippen LogP contribution is 2.20. The maximum Gasteiger partial charge on any atom is 0.245 e. The summed E-state index contributed by atoms with van der Waals surface area (Å²) in [6.07, 6.45) is 2.56. The third-order valence-corrected chi connectivity index (χ3v) is 3.37. The van der Waals surface area contributed by atoms with Gasteiger partial charge in [-0.3, -0.25) is 4.79 Å². The molecule has 2 rings (SSSR count). The summed E-state index contributed by atoms with van der Waals surface area (Å²) in [7, 11) is 1.88. The van der Waals surface area contributed by atoms with Crippen LogP contribution in [-0.2, 0) is 4.79 Å². The van der Waals surface area contributed by atoms with E-state index in [1.54, 1.807) is 6.08 Å². The van der Waals surface area contributed by atoms with Crippen LogP contribution in [-0.4, -0.2) is 47.0 Å². The number of rotatable bonds is 4. The van der Waals surface area contributed by atoms with Crippen LogP contribution in [0.15, 0.2) is 18.7 Å². The molecule has 1 aliphatic rings. The molecule has 0 aromatic carbocycles. The second-order valence-electron chi connectivity index (χ2n) is 4.94. The molecule has 5 heteroatoms. The Morgan fingerprint density at radius 2 is 2.11 bits per heavy atom. The second kappa shape index (κ2) is 5.38. The van der Waals surface area contributed by atoms with Gasteiger partial charge in [0.1, 0.15) is 6.04 Å². The smallest absolute Gasteiger partial charge is 0.245 e. The van der Waals surface area contributed by atoms with Gasteiger partial charge in [-0.15, -0.1) is 6.58 Å². The molecule has 1 saturated heterocycles. The molecule has 0 radical (unpaired) electrons. The monoisotopic (exact) mass is 260 g/mol. The van der Waals surface area contributed by atoms with E-state index < -0.39 is 0 Å². The molecule has 19 heavy (non-hydrogen) atoms. The molecule has 0 bridgehead atoms. The number of nitrogens with zero attached hydrogens (tertiary/aromatic N) is 4. The third-order valence-electron chi connectivity index (χ3n) is 3.37. The third kappa shape index (κ3) is 2.75. The molecule has 1 amide bonds. The van der Waals surface area contributed by atoms with Crippen LogP contribution in [0.5, 0.6) is 0 Å². The Balaban J connectivity index is 2.18. The molecule has 1 aliphatic heterocycles. The largest absolute Gasteiger partial charge is 0.337 e. The van der Waals surface area contributed by atoms with Gasteiger partial charge in [0.25, 0.3) is 0 Å². The number of amides is 1. The number of aryl methyl sites for hydroxylation is 2. The zero-order valence-corrected chi connectivity index (χ0v) is 11.8. The minimum Gasteiger partial charge on any atom is -0.337 e. The average molecular weight is 260 g/mol. The topological polar surface area (TPSA) is 49.3 Å². The first kappa shape index (κ1) is 13.5. The maximum atomic E-state index is 12.3. The Hall–Kier alpha value is -1.91. The summed E-state index contributed by atoms with van der Waals surface area (Å²) < 4.78 is 0. The van der Waals surface area contributed by atoms with Crippen molar-refractivity contribution in [1.29, 1.82) is 0 Å². The van der Waals surface area contributed by atoms with Crippen molar-refractivity contribution in [2.75, 3.05) is 25.0 Å². The lowest BCUT2D eigenvalue weighted by Crippen LogP contribution is -2.40. The predicted octanol–water partition coefficient (Wildman–Crippen LogP) is 1.32. The fourth-order valence-electron chi connectivity index (χ4n) is 2.42. The van der Waals surface area contributed by atoms with E-state index in [2.05, 4.69) is 16.5 Å². The molecule has 1 unspecified atom stereocenters. The molecule has 5 nitrogen and oxygen atoms in total. The summed E-state index contributed by atoms with van der Waals surface area (Å²) in [6, 6.07) is 1.76. The minimum absolute atomic E-state index is 0.130. The predicted molar refractivity (Wildman–Crippen MR) is 75.1 cm³/mol. The lowest BCUT2D eigenvalue weighted by molar-refractivity contribution is -0.128. The van der Waals surface area contributed by atoms with Crippen molar-refractivity contribution in [3.8, 4) is 0 Å². The Morgan fingerprint density at radius 3 is 2.68 bits per heavy atom. The molecule has 102 valence electrons. The first-order valence-electron chi connectivity index (χ1n) is 6.47. The standard InChI is InChI=1S/C14H20N4O/c1-5-7-18-8-6-12(13(18)19)17(4)14-15-10(2)9-11(3)16-14/h5,9,12H,1,6-8H2,2-4H3. The van der Waals surface area contributed by atoms with Gasteiger partial charge in [0, 0.05) is 31.5 Å². The Bertz CT molecular complexity index is 480. The van der Waals surface area contributed by atoms with Crippen molar-refractivity contribution in [2.24, 2.45) is 0 Å². The van der Waals surface area contributed by atoms with Crippen LogP contribution in [0, 0.1) is 13.8 Å². The first-order chi connectivity index (χ1) is 9.02. The van der Waals surface area contributed by atoms with Crippen molar-refractivity contribution >= 4 is 11.9 Å². The molecule has 2 heterocycles. The van der Waals surface area contributed by atoms with Gasteiger partial charge in [0.05, 0.1) is 0 Å². The van der Waals surface area contributed by atoms with Crippen molar-refractivity contribution < 1.29 is 4.79 Å². The van der Waals surface area contributed by atoms with Crippen molar-refractivity contribution in [1.82, 2.24) is 14.9 Å². The lowest BCUT2D eigenvalue weighted by Gasteiger charge is -2.24. The van der Waals surface area contributed by atoms with Gasteiger partial charge in [0.2, 0.25) is 11.9 Å². The van der Waals surface area contributed by atoms with Crippen LogP contribution in [0.3, 0.4) is 0 Å². The van der Waals surface area contributed by atoms with Gasteiger partial charge in [-0.05, 0) is 26.3 Å². The molecule has 0 spiro atoms. The Morgan fingerprint density at radius 1 is 1.47 bits per heavy atom. The summed E-state index contributed by atoms with van der Waals surface area (Å²) in [5.41, 5.74) is 1.84. The number of likely N-dealkylation sites (tertiary alicyclic amines) is 1. The number of hydrogen-bond acceptors (Lipinski definition) is 4.